The number of aliphatic hydroxyl groups is 1. The first kappa shape index (κ1) is 25.6. The van der Waals surface area contributed by atoms with Crippen LogP contribution in [0, 0.1) is 15.4 Å². The second-order valence-corrected chi connectivity index (χ2v) is 11.1. The highest BCUT2D eigenvalue weighted by molar-refractivity contribution is 14.1. The average Bonchev–Trinajstić information content (AvgIpc) is 3.79. The van der Waals surface area contributed by atoms with Gasteiger partial charge in [-0.05, 0) is 72.5 Å². The normalized spacial score (nSPS) is 26.5. The monoisotopic (exact) mass is 610 g/mol. The number of fused-ring (bicyclic) bond motifs is 1. The third-order valence-electron chi connectivity index (χ3n) is 7.09. The molecule has 1 saturated heterocycles. The van der Waals surface area contributed by atoms with Crippen molar-refractivity contribution in [3.05, 3.63) is 45.0 Å². The largest absolute Gasteiger partial charge is 0.456 e. The summed E-state index contributed by atoms with van der Waals surface area (Å²) in [5.41, 5.74) is 0.904. The van der Waals surface area contributed by atoms with Crippen molar-refractivity contribution in [3.63, 3.8) is 0 Å². The van der Waals surface area contributed by atoms with E-state index < -0.39 is 30.1 Å². The van der Waals surface area contributed by atoms with Crippen LogP contribution >= 0.6 is 22.6 Å². The molecule has 3 atom stereocenters. The zero-order valence-corrected chi connectivity index (χ0v) is 22.1. The van der Waals surface area contributed by atoms with Gasteiger partial charge in [-0.25, -0.2) is 4.79 Å². The Morgan fingerprint density at radius 2 is 1.83 bits per heavy atom. The SMILES string of the molecule is O=C(CCNC(=O)C1=C[C@H]2OC(C3CC3)(C3CC3)O[C@H]2[C@H](OC(=O)c2cccc(I)c2)C1)NCCO. The van der Waals surface area contributed by atoms with Gasteiger partial charge in [0.25, 0.3) is 0 Å². The third-order valence-corrected chi connectivity index (χ3v) is 7.76. The summed E-state index contributed by atoms with van der Waals surface area (Å²) in [6.07, 6.45) is 4.69. The van der Waals surface area contributed by atoms with Gasteiger partial charge in [0.15, 0.2) is 5.79 Å². The van der Waals surface area contributed by atoms with Gasteiger partial charge < -0.3 is 30.0 Å². The van der Waals surface area contributed by atoms with Crippen LogP contribution in [-0.2, 0) is 23.8 Å². The summed E-state index contributed by atoms with van der Waals surface area (Å²) in [5.74, 6) is -1.01. The number of nitrogens with one attached hydrogen (secondary N) is 2. The first-order valence-corrected chi connectivity index (χ1v) is 13.7. The minimum Gasteiger partial charge on any atom is -0.456 e. The molecule has 10 heteroatoms. The fraction of sp³-hybridized carbons (Fsp3) is 0.577. The smallest absolute Gasteiger partial charge is 0.338 e. The fourth-order valence-electron chi connectivity index (χ4n) is 5.08. The summed E-state index contributed by atoms with van der Waals surface area (Å²) < 4.78 is 20.0. The molecule has 4 aliphatic rings. The van der Waals surface area contributed by atoms with Crippen LogP contribution in [0.1, 0.15) is 48.9 Å². The molecule has 36 heavy (non-hydrogen) atoms. The molecular weight excluding hydrogens is 579 g/mol. The molecule has 3 fully saturated rings. The fourth-order valence-corrected chi connectivity index (χ4v) is 5.62. The Bertz CT molecular complexity index is 1040. The minimum atomic E-state index is -0.668. The Morgan fingerprint density at radius 1 is 1.08 bits per heavy atom. The molecule has 3 aliphatic carbocycles. The molecule has 1 heterocycles. The van der Waals surface area contributed by atoms with E-state index in [4.69, 9.17) is 19.3 Å². The summed E-state index contributed by atoms with van der Waals surface area (Å²) in [5, 5.41) is 14.1. The van der Waals surface area contributed by atoms with Crippen LogP contribution in [-0.4, -0.2) is 66.7 Å². The highest BCUT2D eigenvalue weighted by Gasteiger charge is 2.64. The number of carbonyl (C=O) groups excluding carboxylic acids is 3. The van der Waals surface area contributed by atoms with Crippen molar-refractivity contribution in [2.75, 3.05) is 19.7 Å². The zero-order valence-electron chi connectivity index (χ0n) is 19.9. The summed E-state index contributed by atoms with van der Waals surface area (Å²) in [6, 6.07) is 7.18. The highest BCUT2D eigenvalue weighted by atomic mass is 127. The van der Waals surface area contributed by atoms with Gasteiger partial charge >= 0.3 is 5.97 Å². The van der Waals surface area contributed by atoms with Crippen molar-refractivity contribution in [1.29, 1.82) is 0 Å². The van der Waals surface area contributed by atoms with Crippen LogP contribution < -0.4 is 10.6 Å². The third kappa shape index (κ3) is 5.61. The van der Waals surface area contributed by atoms with Gasteiger partial charge in [0.2, 0.25) is 11.8 Å². The van der Waals surface area contributed by atoms with E-state index in [0.717, 1.165) is 29.3 Å². The molecule has 0 aromatic heterocycles. The number of carbonyl (C=O) groups is 3. The van der Waals surface area contributed by atoms with Crippen LogP contribution in [0.3, 0.4) is 0 Å². The maximum atomic E-state index is 13.0. The highest BCUT2D eigenvalue weighted by Crippen LogP contribution is 2.59. The van der Waals surface area contributed by atoms with E-state index in [1.807, 2.05) is 6.07 Å². The number of benzene rings is 1. The van der Waals surface area contributed by atoms with Gasteiger partial charge in [-0.1, -0.05) is 6.07 Å². The molecule has 0 spiro atoms. The predicted molar refractivity (Wildman–Crippen MR) is 137 cm³/mol. The van der Waals surface area contributed by atoms with Crippen molar-refractivity contribution >= 4 is 40.4 Å². The van der Waals surface area contributed by atoms with Gasteiger partial charge in [-0.2, -0.15) is 0 Å². The van der Waals surface area contributed by atoms with Crippen LogP contribution in [0.25, 0.3) is 0 Å². The van der Waals surface area contributed by atoms with E-state index in [-0.39, 0.29) is 44.4 Å². The lowest BCUT2D eigenvalue weighted by molar-refractivity contribution is -0.209. The van der Waals surface area contributed by atoms with Crippen molar-refractivity contribution in [3.8, 4) is 0 Å². The van der Waals surface area contributed by atoms with Crippen molar-refractivity contribution in [1.82, 2.24) is 10.6 Å². The summed E-state index contributed by atoms with van der Waals surface area (Å²) in [4.78, 5) is 37.8. The summed E-state index contributed by atoms with van der Waals surface area (Å²) >= 11 is 2.15. The molecule has 1 aromatic carbocycles. The zero-order chi connectivity index (χ0) is 25.3. The minimum absolute atomic E-state index is 0.0994. The molecule has 194 valence electrons. The Kier molecular flexibility index (Phi) is 7.66. The number of hydrogen-bond acceptors (Lipinski definition) is 7. The first-order valence-electron chi connectivity index (χ1n) is 12.6. The van der Waals surface area contributed by atoms with E-state index in [2.05, 4.69) is 33.2 Å². The van der Waals surface area contributed by atoms with E-state index in [9.17, 15) is 14.4 Å². The number of aliphatic hydroxyl groups excluding tert-OH is 1. The van der Waals surface area contributed by atoms with Crippen molar-refractivity contribution in [2.24, 2.45) is 11.8 Å². The Balaban J connectivity index is 1.30. The second kappa shape index (κ2) is 10.8. The molecule has 1 aliphatic heterocycles. The molecule has 0 unspecified atom stereocenters. The lowest BCUT2D eigenvalue weighted by Crippen LogP contribution is -2.44. The van der Waals surface area contributed by atoms with Gasteiger partial charge in [0, 0.05) is 46.9 Å². The van der Waals surface area contributed by atoms with Crippen LogP contribution in [0.5, 0.6) is 0 Å². The molecule has 0 bridgehead atoms. The van der Waals surface area contributed by atoms with Gasteiger partial charge in [-0.3, -0.25) is 9.59 Å². The predicted octanol–water partition coefficient (Wildman–Crippen LogP) is 2.06. The lowest BCUT2D eigenvalue weighted by Gasteiger charge is -2.31. The maximum Gasteiger partial charge on any atom is 0.338 e. The number of amides is 2. The quantitative estimate of drug-likeness (QED) is 0.274. The number of halogens is 1. The molecule has 5 rings (SSSR count). The Morgan fingerprint density at radius 3 is 2.50 bits per heavy atom. The Labute approximate surface area is 223 Å². The van der Waals surface area contributed by atoms with E-state index in [1.165, 1.54) is 0 Å². The molecular formula is C26H31IN2O7. The number of ether oxygens (including phenoxy) is 3. The van der Waals surface area contributed by atoms with Crippen LogP contribution in [0.15, 0.2) is 35.9 Å². The standard InChI is InChI=1S/C26H31IN2O7/c27-19-3-1-2-15(12-19)25(33)34-20-13-16(24(32)29-9-8-22(31)28-10-11-30)14-21-23(20)36-26(35-21,17-4-5-17)18-6-7-18/h1-3,12,14,17-18,20-21,23,30H,4-11,13H2,(H,28,31)(H,29,32)/t20-,21-,23+/m1/s1. The topological polar surface area (TPSA) is 123 Å². The molecule has 2 saturated carbocycles. The van der Waals surface area contributed by atoms with Gasteiger partial charge in [0.05, 0.1) is 12.2 Å². The van der Waals surface area contributed by atoms with Gasteiger partial charge in [0.1, 0.15) is 18.3 Å². The lowest BCUT2D eigenvalue weighted by atomic mass is 9.91. The molecule has 2 amide bonds. The molecule has 0 radical (unpaired) electrons. The van der Waals surface area contributed by atoms with Gasteiger partial charge in [-0.15, -0.1) is 0 Å². The maximum absolute atomic E-state index is 13.0. The van der Waals surface area contributed by atoms with Crippen LogP contribution in [0.4, 0.5) is 0 Å². The first-order chi connectivity index (χ1) is 17.4. The molecule has 1 aromatic rings. The summed E-state index contributed by atoms with van der Waals surface area (Å²) in [7, 11) is 0. The second-order valence-electron chi connectivity index (χ2n) is 9.86. The van der Waals surface area contributed by atoms with Crippen molar-refractivity contribution < 1.29 is 33.7 Å². The number of hydrogen-bond donors (Lipinski definition) is 3. The summed E-state index contributed by atoms with van der Waals surface area (Å²) in [6.45, 7) is 0.191. The average molecular weight is 610 g/mol. The van der Waals surface area contributed by atoms with E-state index in [0.29, 0.717) is 23.0 Å². The molecule has 9 nitrogen and oxygen atoms in total. The number of rotatable bonds is 10. The number of esters is 1. The van der Waals surface area contributed by atoms with Crippen LogP contribution in [0.2, 0.25) is 0 Å². The molecule has 3 N–H and O–H groups in total. The van der Waals surface area contributed by atoms with E-state index in [1.54, 1.807) is 24.3 Å². The Hall–Kier alpha value is -2.02. The van der Waals surface area contributed by atoms with E-state index >= 15 is 0 Å². The van der Waals surface area contributed by atoms with Crippen molar-refractivity contribution in [2.45, 2.75) is 62.6 Å².